The van der Waals surface area contributed by atoms with Crippen LogP contribution in [-0.2, 0) is 11.2 Å². The third kappa shape index (κ3) is 3.43. The molecule has 2 rings (SSSR count). The van der Waals surface area contributed by atoms with Gasteiger partial charge in [0, 0.05) is 10.6 Å². The number of benzene rings is 2. The van der Waals surface area contributed by atoms with E-state index in [-0.39, 0.29) is 5.12 Å². The molecule has 0 aliphatic rings. The van der Waals surface area contributed by atoms with Gasteiger partial charge in [0.25, 0.3) is 0 Å². The molecular formula is C16H16OS2. The van der Waals surface area contributed by atoms with Gasteiger partial charge in [0.2, 0.25) is 5.12 Å². The fraction of sp³-hybridized carbons (Fsp3) is 0.188. The van der Waals surface area contributed by atoms with Crippen LogP contribution in [0.1, 0.15) is 12.5 Å². The van der Waals surface area contributed by atoms with Crippen molar-refractivity contribution in [1.29, 1.82) is 0 Å². The molecule has 2 aromatic rings. The van der Waals surface area contributed by atoms with Crippen molar-refractivity contribution in [2.45, 2.75) is 18.2 Å². The van der Waals surface area contributed by atoms with E-state index in [1.807, 2.05) is 18.2 Å². The van der Waals surface area contributed by atoms with Gasteiger partial charge in [-0.05, 0) is 41.3 Å². The molecule has 0 aromatic heterocycles. The Morgan fingerprint density at radius 1 is 1.26 bits per heavy atom. The predicted octanol–water partition coefficient (Wildman–Crippen LogP) is 4.51. The van der Waals surface area contributed by atoms with Crippen molar-refractivity contribution in [3.05, 3.63) is 54.1 Å². The van der Waals surface area contributed by atoms with E-state index in [9.17, 15) is 4.79 Å². The minimum Gasteiger partial charge on any atom is -0.282 e. The molecule has 0 radical (unpaired) electrons. The van der Waals surface area contributed by atoms with E-state index in [1.165, 1.54) is 28.1 Å². The maximum Gasteiger partial charge on any atom is 0.214 e. The lowest BCUT2D eigenvalue weighted by atomic mass is 10.0. The Balaban J connectivity index is 2.18. The standard InChI is InChI=1S/C16H16OS2/c1-11(2)16(17)19-10-9-14-13-6-4-3-5-12(13)7-8-15(14)18/h3-8,18H,1,9-10H2,2H3. The molecule has 0 bridgehead atoms. The second-order valence-corrected chi connectivity index (χ2v) is 6.00. The van der Waals surface area contributed by atoms with Crippen LogP contribution < -0.4 is 0 Å². The average Bonchev–Trinajstić information content (AvgIpc) is 2.41. The van der Waals surface area contributed by atoms with Crippen molar-refractivity contribution < 1.29 is 4.79 Å². The van der Waals surface area contributed by atoms with Crippen molar-refractivity contribution in [2.75, 3.05) is 5.75 Å². The van der Waals surface area contributed by atoms with Crippen LogP contribution in [0.25, 0.3) is 10.8 Å². The number of thioether (sulfide) groups is 1. The highest BCUT2D eigenvalue weighted by Crippen LogP contribution is 2.26. The summed E-state index contributed by atoms with van der Waals surface area (Å²) in [7, 11) is 0. The molecule has 0 unspecified atom stereocenters. The predicted molar refractivity (Wildman–Crippen MR) is 87.2 cm³/mol. The molecule has 2 aromatic carbocycles. The van der Waals surface area contributed by atoms with Crippen molar-refractivity contribution in [3.63, 3.8) is 0 Å². The molecule has 0 saturated heterocycles. The van der Waals surface area contributed by atoms with E-state index in [1.54, 1.807) is 6.92 Å². The van der Waals surface area contributed by atoms with Gasteiger partial charge in [-0.25, -0.2) is 0 Å². The Morgan fingerprint density at radius 2 is 2.00 bits per heavy atom. The van der Waals surface area contributed by atoms with E-state index in [0.717, 1.165) is 17.1 Å². The maximum absolute atomic E-state index is 11.5. The molecular weight excluding hydrogens is 272 g/mol. The fourth-order valence-electron chi connectivity index (χ4n) is 1.96. The van der Waals surface area contributed by atoms with Gasteiger partial charge in [-0.1, -0.05) is 48.7 Å². The summed E-state index contributed by atoms with van der Waals surface area (Å²) in [6.45, 7) is 5.41. The van der Waals surface area contributed by atoms with Gasteiger partial charge in [-0.3, -0.25) is 4.79 Å². The van der Waals surface area contributed by atoms with E-state index in [4.69, 9.17) is 0 Å². The molecule has 0 aliphatic carbocycles. The maximum atomic E-state index is 11.5. The first-order valence-electron chi connectivity index (χ1n) is 6.12. The van der Waals surface area contributed by atoms with Gasteiger partial charge < -0.3 is 0 Å². The normalized spacial score (nSPS) is 10.6. The highest BCUT2D eigenvalue weighted by molar-refractivity contribution is 8.14. The topological polar surface area (TPSA) is 17.1 Å². The van der Waals surface area contributed by atoms with Crippen molar-refractivity contribution in [1.82, 2.24) is 0 Å². The lowest BCUT2D eigenvalue weighted by molar-refractivity contribution is -0.107. The van der Waals surface area contributed by atoms with Gasteiger partial charge in [0.15, 0.2) is 0 Å². The van der Waals surface area contributed by atoms with Crippen LogP contribution in [0.4, 0.5) is 0 Å². The second kappa shape index (κ2) is 6.31. The Hall–Kier alpha value is -1.19. The molecule has 19 heavy (non-hydrogen) atoms. The smallest absolute Gasteiger partial charge is 0.214 e. The lowest BCUT2D eigenvalue weighted by Crippen LogP contribution is -1.98. The minimum atomic E-state index is 0.0703. The molecule has 3 heteroatoms. The van der Waals surface area contributed by atoms with Crippen molar-refractivity contribution in [3.8, 4) is 0 Å². The van der Waals surface area contributed by atoms with Crippen LogP contribution in [0.15, 0.2) is 53.4 Å². The Kier molecular flexibility index (Phi) is 4.72. The average molecular weight is 288 g/mol. The molecule has 0 N–H and O–H groups in total. The molecule has 0 heterocycles. The van der Waals surface area contributed by atoms with Crippen molar-refractivity contribution >= 4 is 40.3 Å². The van der Waals surface area contributed by atoms with Gasteiger partial charge in [-0.2, -0.15) is 0 Å². The number of thiol groups is 1. The van der Waals surface area contributed by atoms with Crippen LogP contribution in [0, 0.1) is 0 Å². The molecule has 1 nitrogen and oxygen atoms in total. The quantitative estimate of drug-likeness (QED) is 0.658. The van der Waals surface area contributed by atoms with Crippen LogP contribution in [-0.4, -0.2) is 10.9 Å². The third-order valence-electron chi connectivity index (χ3n) is 2.95. The number of fused-ring (bicyclic) bond motifs is 1. The van der Waals surface area contributed by atoms with Crippen LogP contribution in [0.2, 0.25) is 0 Å². The second-order valence-electron chi connectivity index (χ2n) is 4.45. The number of carbonyl (C=O) groups excluding carboxylic acids is 1. The van der Waals surface area contributed by atoms with Gasteiger partial charge in [0.1, 0.15) is 0 Å². The number of hydrogen-bond donors (Lipinski definition) is 1. The van der Waals surface area contributed by atoms with E-state index in [2.05, 4.69) is 37.4 Å². The van der Waals surface area contributed by atoms with Gasteiger partial charge in [-0.15, -0.1) is 12.6 Å². The van der Waals surface area contributed by atoms with E-state index in [0.29, 0.717) is 5.57 Å². The van der Waals surface area contributed by atoms with E-state index >= 15 is 0 Å². The summed E-state index contributed by atoms with van der Waals surface area (Å²) in [5.74, 6) is 0.757. The van der Waals surface area contributed by atoms with Crippen LogP contribution in [0.3, 0.4) is 0 Å². The lowest BCUT2D eigenvalue weighted by Gasteiger charge is -2.09. The summed E-state index contributed by atoms with van der Waals surface area (Å²) in [6, 6.07) is 12.4. The Morgan fingerprint density at radius 3 is 2.74 bits per heavy atom. The molecule has 0 saturated carbocycles. The van der Waals surface area contributed by atoms with E-state index < -0.39 is 0 Å². The zero-order chi connectivity index (χ0) is 13.8. The highest BCUT2D eigenvalue weighted by atomic mass is 32.2. The minimum absolute atomic E-state index is 0.0703. The highest BCUT2D eigenvalue weighted by Gasteiger charge is 2.07. The monoisotopic (exact) mass is 288 g/mol. The van der Waals surface area contributed by atoms with Gasteiger partial charge >= 0.3 is 0 Å². The molecule has 98 valence electrons. The number of carbonyl (C=O) groups is 1. The summed E-state index contributed by atoms with van der Waals surface area (Å²) in [4.78, 5) is 12.5. The summed E-state index contributed by atoms with van der Waals surface area (Å²) in [6.07, 6.45) is 0.837. The first-order chi connectivity index (χ1) is 9.09. The fourth-order valence-corrected chi connectivity index (χ4v) is 3.00. The molecule has 0 amide bonds. The summed E-state index contributed by atoms with van der Waals surface area (Å²) in [5, 5.41) is 2.51. The molecule has 0 fully saturated rings. The number of aryl methyl sites for hydroxylation is 1. The zero-order valence-electron chi connectivity index (χ0n) is 10.8. The number of hydrogen-bond acceptors (Lipinski definition) is 3. The summed E-state index contributed by atoms with van der Waals surface area (Å²) < 4.78 is 0. The molecule has 0 aliphatic heterocycles. The van der Waals surface area contributed by atoms with Crippen molar-refractivity contribution in [2.24, 2.45) is 0 Å². The van der Waals surface area contributed by atoms with Crippen LogP contribution in [0.5, 0.6) is 0 Å². The Labute approximate surface area is 123 Å². The Bertz CT molecular complexity index is 632. The SMILES string of the molecule is C=C(C)C(=O)SCCc1c(S)ccc2ccccc12. The molecule has 0 spiro atoms. The zero-order valence-corrected chi connectivity index (χ0v) is 12.6. The van der Waals surface area contributed by atoms with Crippen LogP contribution >= 0.6 is 24.4 Å². The summed E-state index contributed by atoms with van der Waals surface area (Å²) >= 11 is 5.85. The summed E-state index contributed by atoms with van der Waals surface area (Å²) in [5.41, 5.74) is 1.82. The largest absolute Gasteiger partial charge is 0.282 e. The first-order valence-corrected chi connectivity index (χ1v) is 7.55. The first kappa shape index (κ1) is 14.2. The van der Waals surface area contributed by atoms with Gasteiger partial charge in [0.05, 0.1) is 0 Å². The number of rotatable bonds is 4. The molecule has 0 atom stereocenters. The third-order valence-corrected chi connectivity index (χ3v) is 4.39.